The van der Waals surface area contributed by atoms with Gasteiger partial charge in [-0.25, -0.2) is 4.98 Å². The highest BCUT2D eigenvalue weighted by atomic mass is 35.5. The summed E-state index contributed by atoms with van der Waals surface area (Å²) in [7, 11) is 1.36. The highest BCUT2D eigenvalue weighted by molar-refractivity contribution is 6.33. The quantitative estimate of drug-likeness (QED) is 0.644. The van der Waals surface area contributed by atoms with Crippen molar-refractivity contribution in [3.8, 4) is 0 Å². The van der Waals surface area contributed by atoms with E-state index in [0.29, 0.717) is 17.8 Å². The van der Waals surface area contributed by atoms with Crippen molar-refractivity contribution in [2.45, 2.75) is 18.5 Å². The van der Waals surface area contributed by atoms with Crippen molar-refractivity contribution in [1.29, 1.82) is 0 Å². The Hall–Kier alpha value is -3.07. The molecule has 0 unspecified atom stereocenters. The van der Waals surface area contributed by atoms with Gasteiger partial charge < -0.3 is 4.98 Å². The van der Waals surface area contributed by atoms with Crippen LogP contribution in [0.1, 0.15) is 23.5 Å². The third kappa shape index (κ3) is 3.21. The Morgan fingerprint density at radius 3 is 2.69 bits per heavy atom. The Bertz CT molecular complexity index is 1130. The van der Waals surface area contributed by atoms with E-state index < -0.39 is 29.5 Å². The van der Waals surface area contributed by atoms with Crippen LogP contribution in [-0.4, -0.2) is 33.8 Å². The number of pyridine rings is 1. The summed E-state index contributed by atoms with van der Waals surface area (Å²) in [6.07, 6.45) is -2.37. The number of rotatable bonds is 3. The largest absolute Gasteiger partial charge is 0.417 e. The number of hydrogen-bond acceptors (Lipinski definition) is 4. The van der Waals surface area contributed by atoms with Gasteiger partial charge in [0.05, 0.1) is 16.5 Å². The molecule has 1 aliphatic rings. The van der Waals surface area contributed by atoms with Crippen molar-refractivity contribution in [1.82, 2.24) is 15.0 Å². The van der Waals surface area contributed by atoms with Crippen LogP contribution in [0, 0.1) is 0 Å². The highest BCUT2D eigenvalue weighted by Gasteiger charge is 2.43. The van der Waals surface area contributed by atoms with E-state index in [1.807, 2.05) is 24.3 Å². The lowest BCUT2D eigenvalue weighted by molar-refractivity contribution is -0.140. The maximum absolute atomic E-state index is 13.0. The number of aromatic nitrogens is 2. The van der Waals surface area contributed by atoms with Gasteiger partial charge in [-0.15, -0.1) is 0 Å². The minimum atomic E-state index is -4.60. The first-order chi connectivity index (χ1) is 13.7. The summed E-state index contributed by atoms with van der Waals surface area (Å²) in [5.41, 5.74) is 0.499. The lowest BCUT2D eigenvalue weighted by Crippen LogP contribution is -2.44. The lowest BCUT2D eigenvalue weighted by atomic mass is 9.97. The van der Waals surface area contributed by atoms with Gasteiger partial charge >= 0.3 is 6.18 Å². The molecule has 0 saturated carbocycles. The van der Waals surface area contributed by atoms with E-state index in [9.17, 15) is 22.8 Å². The molecule has 2 amide bonds. The van der Waals surface area contributed by atoms with Gasteiger partial charge in [-0.3, -0.25) is 14.6 Å². The maximum Gasteiger partial charge on any atom is 0.417 e. The standard InChI is InChI=1S/C19H14ClF3N4O2/c1-26(17-14(20)6-10(8-25-17)19(21,22)23)27-16(28)7-12(18(27)29)13-9-24-15-5-3-2-4-11(13)15/h2-6,8-9,12,24H,7H2,1H3/t12-/m0/s1. The smallest absolute Gasteiger partial charge is 0.361 e. The first kappa shape index (κ1) is 19.3. The molecule has 3 aromatic rings. The van der Waals surface area contributed by atoms with Gasteiger partial charge in [0.1, 0.15) is 0 Å². The number of anilines is 1. The van der Waals surface area contributed by atoms with E-state index in [4.69, 9.17) is 11.6 Å². The lowest BCUT2D eigenvalue weighted by Gasteiger charge is -2.28. The summed E-state index contributed by atoms with van der Waals surface area (Å²) in [5.74, 6) is -1.83. The van der Waals surface area contributed by atoms with Crippen LogP contribution >= 0.6 is 11.6 Å². The molecule has 2 aromatic heterocycles. The number of nitrogens with zero attached hydrogens (tertiary/aromatic N) is 3. The average Bonchev–Trinajstić information content (AvgIpc) is 3.21. The third-order valence-electron chi connectivity index (χ3n) is 4.87. The van der Waals surface area contributed by atoms with E-state index in [-0.39, 0.29) is 17.3 Å². The van der Waals surface area contributed by atoms with Crippen LogP contribution in [0.3, 0.4) is 0 Å². The number of benzene rings is 1. The number of nitrogens with one attached hydrogen (secondary N) is 1. The van der Waals surface area contributed by atoms with Gasteiger partial charge in [0.25, 0.3) is 5.91 Å². The SMILES string of the molecule is CN(c1ncc(C(F)(F)F)cc1Cl)N1C(=O)C[C@@H](c2c[nH]c3ccccc23)C1=O. The minimum Gasteiger partial charge on any atom is -0.361 e. The Balaban J connectivity index is 1.66. The van der Waals surface area contributed by atoms with Crippen molar-refractivity contribution in [2.75, 3.05) is 12.1 Å². The number of H-pyrrole nitrogens is 1. The topological polar surface area (TPSA) is 69.3 Å². The van der Waals surface area contributed by atoms with E-state index in [2.05, 4.69) is 9.97 Å². The number of amides is 2. The molecule has 3 heterocycles. The summed E-state index contributed by atoms with van der Waals surface area (Å²) in [5, 5.41) is 2.46. The number of fused-ring (bicyclic) bond motifs is 1. The second kappa shape index (κ2) is 6.77. The molecule has 0 spiro atoms. The molecule has 1 aliphatic heterocycles. The second-order valence-corrected chi connectivity index (χ2v) is 7.05. The van der Waals surface area contributed by atoms with Gasteiger partial charge in [-0.2, -0.15) is 18.2 Å². The maximum atomic E-state index is 13.0. The van der Waals surface area contributed by atoms with Crippen molar-refractivity contribution in [2.24, 2.45) is 0 Å². The number of imide groups is 1. The molecule has 1 atom stereocenters. The second-order valence-electron chi connectivity index (χ2n) is 6.64. The molecule has 150 valence electrons. The normalized spacial score (nSPS) is 17.4. The van der Waals surface area contributed by atoms with Gasteiger partial charge in [0.2, 0.25) is 5.91 Å². The molecule has 0 aliphatic carbocycles. The number of para-hydroxylation sites is 1. The van der Waals surface area contributed by atoms with Gasteiger partial charge in [-0.1, -0.05) is 29.8 Å². The number of alkyl halides is 3. The summed E-state index contributed by atoms with van der Waals surface area (Å²) in [4.78, 5) is 32.4. The molecular weight excluding hydrogens is 409 g/mol. The number of hydrazine groups is 1. The fourth-order valence-electron chi connectivity index (χ4n) is 3.48. The predicted octanol–water partition coefficient (Wildman–Crippen LogP) is 4.13. The van der Waals surface area contributed by atoms with E-state index in [0.717, 1.165) is 20.9 Å². The summed E-state index contributed by atoms with van der Waals surface area (Å²) in [6.45, 7) is 0. The third-order valence-corrected chi connectivity index (χ3v) is 5.15. The number of carbonyl (C=O) groups is 2. The fraction of sp³-hybridized carbons (Fsp3) is 0.211. The molecule has 0 radical (unpaired) electrons. The van der Waals surface area contributed by atoms with Crippen LogP contribution in [0.2, 0.25) is 5.02 Å². The first-order valence-electron chi connectivity index (χ1n) is 8.57. The summed E-state index contributed by atoms with van der Waals surface area (Å²) in [6, 6.07) is 8.09. The van der Waals surface area contributed by atoms with E-state index in [1.54, 1.807) is 6.20 Å². The van der Waals surface area contributed by atoms with Crippen molar-refractivity contribution >= 4 is 40.1 Å². The van der Waals surface area contributed by atoms with Gasteiger partial charge in [-0.05, 0) is 17.7 Å². The number of hydrogen-bond donors (Lipinski definition) is 1. The van der Waals surface area contributed by atoms with Crippen LogP contribution < -0.4 is 5.01 Å². The zero-order valence-corrected chi connectivity index (χ0v) is 15.8. The van der Waals surface area contributed by atoms with Crippen LogP contribution in [0.25, 0.3) is 10.9 Å². The summed E-state index contributed by atoms with van der Waals surface area (Å²) < 4.78 is 38.5. The molecular formula is C19H14ClF3N4O2. The van der Waals surface area contributed by atoms with Crippen LogP contribution in [0.4, 0.5) is 19.0 Å². The molecule has 1 saturated heterocycles. The monoisotopic (exact) mass is 422 g/mol. The average molecular weight is 423 g/mol. The number of halogens is 4. The van der Waals surface area contributed by atoms with E-state index in [1.165, 1.54) is 7.05 Å². The van der Waals surface area contributed by atoms with Crippen LogP contribution in [0.15, 0.2) is 42.7 Å². The molecule has 1 aromatic carbocycles. The predicted molar refractivity (Wildman–Crippen MR) is 100 cm³/mol. The van der Waals surface area contributed by atoms with Gasteiger partial charge in [0, 0.05) is 36.8 Å². The summed E-state index contributed by atoms with van der Waals surface area (Å²) >= 11 is 5.96. The van der Waals surface area contributed by atoms with Crippen molar-refractivity contribution in [3.63, 3.8) is 0 Å². The fourth-order valence-corrected chi connectivity index (χ4v) is 3.77. The molecule has 29 heavy (non-hydrogen) atoms. The molecule has 10 heteroatoms. The Labute approximate surface area is 167 Å². The molecule has 0 bridgehead atoms. The minimum absolute atomic E-state index is 0.0662. The van der Waals surface area contributed by atoms with Crippen molar-refractivity contribution in [3.05, 3.63) is 58.9 Å². The number of carbonyl (C=O) groups excluding carboxylic acids is 2. The Kier molecular flexibility index (Phi) is 4.49. The van der Waals surface area contributed by atoms with E-state index >= 15 is 0 Å². The zero-order valence-electron chi connectivity index (χ0n) is 15.0. The number of aromatic amines is 1. The molecule has 4 rings (SSSR count). The Morgan fingerprint density at radius 1 is 1.28 bits per heavy atom. The van der Waals surface area contributed by atoms with Gasteiger partial charge in [0.15, 0.2) is 5.82 Å². The highest BCUT2D eigenvalue weighted by Crippen LogP contribution is 2.37. The first-order valence-corrected chi connectivity index (χ1v) is 8.95. The Morgan fingerprint density at radius 2 is 2.00 bits per heavy atom. The van der Waals surface area contributed by atoms with Crippen LogP contribution in [0.5, 0.6) is 0 Å². The van der Waals surface area contributed by atoms with Crippen molar-refractivity contribution < 1.29 is 22.8 Å². The molecule has 1 N–H and O–H groups in total. The molecule has 1 fully saturated rings. The van der Waals surface area contributed by atoms with Crippen LogP contribution in [-0.2, 0) is 15.8 Å². The molecule has 6 nitrogen and oxygen atoms in total. The zero-order chi connectivity index (χ0) is 20.9.